The zero-order chi connectivity index (χ0) is 28.6. The topological polar surface area (TPSA) is 144 Å². The molecule has 0 saturated heterocycles. The highest BCUT2D eigenvalue weighted by molar-refractivity contribution is 14.1. The number of furan rings is 1. The van der Waals surface area contributed by atoms with Crippen molar-refractivity contribution in [2.24, 2.45) is 5.10 Å². The molecular formula is C28H29IN4O7. The molecule has 210 valence electrons. The maximum atomic E-state index is 12.4. The highest BCUT2D eigenvalue weighted by atomic mass is 127. The number of benzene rings is 2. The molecule has 3 aromatic rings. The van der Waals surface area contributed by atoms with Gasteiger partial charge in [0.05, 0.1) is 31.5 Å². The Morgan fingerprint density at radius 3 is 2.67 bits per heavy atom. The third kappa shape index (κ3) is 7.12. The summed E-state index contributed by atoms with van der Waals surface area (Å²) in [5.41, 5.74) is 4.81. The van der Waals surface area contributed by atoms with Crippen LogP contribution in [0.15, 0.2) is 75.4 Å². The van der Waals surface area contributed by atoms with Crippen LogP contribution >= 0.6 is 22.6 Å². The molecule has 2 aromatic carbocycles. The molecule has 40 heavy (non-hydrogen) atoms. The second-order valence-electron chi connectivity index (χ2n) is 8.62. The highest BCUT2D eigenvalue weighted by Crippen LogP contribution is 2.35. The summed E-state index contributed by atoms with van der Waals surface area (Å²) in [6.07, 6.45) is 0.331. The van der Waals surface area contributed by atoms with Gasteiger partial charge in [-0.25, -0.2) is 9.59 Å². The van der Waals surface area contributed by atoms with Crippen molar-refractivity contribution in [3.63, 3.8) is 0 Å². The van der Waals surface area contributed by atoms with Gasteiger partial charge in [-0.15, -0.1) is 0 Å². The molecule has 2 amide bonds. The summed E-state index contributed by atoms with van der Waals surface area (Å²) < 4.78 is 23.3. The molecule has 4 rings (SSSR count). The number of ether oxygens (including phenoxy) is 3. The second-order valence-corrected chi connectivity index (χ2v) is 9.87. The van der Waals surface area contributed by atoms with Gasteiger partial charge in [0.25, 0.3) is 0 Å². The minimum atomic E-state index is -1.13. The number of rotatable bonds is 11. The number of urea groups is 1. The van der Waals surface area contributed by atoms with Gasteiger partial charge >= 0.3 is 12.0 Å². The van der Waals surface area contributed by atoms with Gasteiger partial charge in [-0.1, -0.05) is 18.2 Å². The number of hydrogen-bond donors (Lipinski definition) is 4. The van der Waals surface area contributed by atoms with Crippen LogP contribution in [0.5, 0.6) is 11.5 Å². The number of hydrazone groups is 1. The molecule has 0 unspecified atom stereocenters. The van der Waals surface area contributed by atoms with Crippen molar-refractivity contribution < 1.29 is 33.3 Å². The Morgan fingerprint density at radius 1 is 1.18 bits per heavy atom. The quantitative estimate of drug-likeness (QED) is 0.0793. The first-order valence-corrected chi connectivity index (χ1v) is 13.5. The average molecular weight is 660 g/mol. The largest absolute Gasteiger partial charge is 0.490 e. The van der Waals surface area contributed by atoms with E-state index in [4.69, 9.17) is 18.6 Å². The van der Waals surface area contributed by atoms with Crippen LogP contribution in [-0.2, 0) is 9.53 Å². The van der Waals surface area contributed by atoms with Crippen molar-refractivity contribution in [2.45, 2.75) is 26.1 Å². The Morgan fingerprint density at radius 2 is 1.95 bits per heavy atom. The summed E-state index contributed by atoms with van der Waals surface area (Å²) >= 11 is 2.24. The van der Waals surface area contributed by atoms with Gasteiger partial charge in [0, 0.05) is 14.8 Å². The summed E-state index contributed by atoms with van der Waals surface area (Å²) in [5, 5.41) is 19.7. The van der Waals surface area contributed by atoms with Crippen molar-refractivity contribution in [1.82, 2.24) is 16.1 Å². The van der Waals surface area contributed by atoms with Crippen LogP contribution in [0, 0.1) is 3.57 Å². The fourth-order valence-electron chi connectivity index (χ4n) is 4.00. The monoisotopic (exact) mass is 660 g/mol. The van der Waals surface area contributed by atoms with Gasteiger partial charge in [0.2, 0.25) is 0 Å². The van der Waals surface area contributed by atoms with E-state index in [9.17, 15) is 14.7 Å². The number of nitrogens with one attached hydrogen (secondary N) is 3. The lowest BCUT2D eigenvalue weighted by atomic mass is 9.95. The molecule has 0 bridgehead atoms. The third-order valence-corrected chi connectivity index (χ3v) is 6.56. The summed E-state index contributed by atoms with van der Waals surface area (Å²) in [6.45, 7) is 3.65. The van der Waals surface area contributed by atoms with Gasteiger partial charge in [-0.2, -0.15) is 5.10 Å². The number of esters is 1. The van der Waals surface area contributed by atoms with Crippen LogP contribution in [-0.4, -0.2) is 49.9 Å². The third-order valence-electron chi connectivity index (χ3n) is 5.84. The number of aliphatic hydroxyl groups excluding tert-OH is 1. The molecular weight excluding hydrogens is 631 g/mol. The number of nitrogens with zero attached hydrogens (tertiary/aromatic N) is 1. The maximum Gasteiger partial charge on any atom is 0.337 e. The van der Waals surface area contributed by atoms with Gasteiger partial charge in [-0.3, -0.25) is 5.43 Å². The van der Waals surface area contributed by atoms with Gasteiger partial charge in [-0.05, 0) is 78.4 Å². The molecule has 0 aliphatic carbocycles. The number of carbonyl (C=O) groups excluding carboxylic acids is 2. The van der Waals surface area contributed by atoms with E-state index in [2.05, 4.69) is 43.8 Å². The van der Waals surface area contributed by atoms with E-state index >= 15 is 0 Å². The van der Waals surface area contributed by atoms with E-state index in [1.807, 2.05) is 37.3 Å². The summed E-state index contributed by atoms with van der Waals surface area (Å²) in [7, 11) is 1.28. The molecule has 4 N–H and O–H groups in total. The standard InChI is InChI=1S/C28H29IN4O7/c1-4-38-23-13-18(26-25(27(35)37-3)16(2)31-28(36)32-26)7-11-22(23)39-15-24(34)33-30-14-20-10-12-21(40-20)17-5-8-19(29)9-6-17/h5-14,24,26,33-34H,4,15H2,1-3H3,(H2,31,32,36)/b30-14-/t24-,26-/m1/s1. The predicted molar refractivity (Wildman–Crippen MR) is 156 cm³/mol. The lowest BCUT2D eigenvalue weighted by molar-refractivity contribution is -0.136. The number of carbonyl (C=O) groups is 2. The molecule has 1 aromatic heterocycles. The second kappa shape index (κ2) is 13.3. The Kier molecular flexibility index (Phi) is 9.66. The van der Waals surface area contributed by atoms with Crippen LogP contribution in [0.3, 0.4) is 0 Å². The van der Waals surface area contributed by atoms with Gasteiger partial charge < -0.3 is 34.4 Å². The van der Waals surface area contributed by atoms with E-state index in [1.165, 1.54) is 13.3 Å². The molecule has 11 nitrogen and oxygen atoms in total. The van der Waals surface area contributed by atoms with E-state index in [-0.39, 0.29) is 12.2 Å². The van der Waals surface area contributed by atoms with Crippen molar-refractivity contribution >= 4 is 40.8 Å². The van der Waals surface area contributed by atoms with Crippen molar-refractivity contribution in [3.8, 4) is 22.8 Å². The number of methoxy groups -OCH3 is 1. The fraction of sp³-hybridized carbons (Fsp3) is 0.250. The molecule has 0 saturated carbocycles. The van der Waals surface area contributed by atoms with Gasteiger partial charge in [0.15, 0.2) is 17.7 Å². The van der Waals surface area contributed by atoms with E-state index in [0.717, 1.165) is 9.13 Å². The highest BCUT2D eigenvalue weighted by Gasteiger charge is 2.32. The number of allylic oxidation sites excluding steroid dienone is 1. The Hall–Kier alpha value is -4.04. The minimum absolute atomic E-state index is 0.140. The Balaban J connectivity index is 1.39. The van der Waals surface area contributed by atoms with E-state index in [0.29, 0.717) is 40.9 Å². The smallest absolute Gasteiger partial charge is 0.337 e. The molecule has 0 spiro atoms. The van der Waals surface area contributed by atoms with E-state index in [1.54, 1.807) is 31.2 Å². The molecule has 2 heterocycles. The first-order valence-electron chi connectivity index (χ1n) is 12.4. The van der Waals surface area contributed by atoms with E-state index < -0.39 is 24.3 Å². The molecule has 1 aliphatic heterocycles. The van der Waals surface area contributed by atoms with Crippen molar-refractivity contribution in [2.75, 3.05) is 20.3 Å². The van der Waals surface area contributed by atoms with Gasteiger partial charge in [0.1, 0.15) is 18.1 Å². The Bertz CT molecular complexity index is 1420. The van der Waals surface area contributed by atoms with Crippen LogP contribution < -0.4 is 25.5 Å². The molecule has 1 aliphatic rings. The summed E-state index contributed by atoms with van der Waals surface area (Å²) in [4.78, 5) is 24.5. The lowest BCUT2D eigenvalue weighted by Crippen LogP contribution is -2.45. The zero-order valence-electron chi connectivity index (χ0n) is 22.1. The van der Waals surface area contributed by atoms with Crippen molar-refractivity contribution in [1.29, 1.82) is 0 Å². The number of amides is 2. The normalized spacial score (nSPS) is 15.8. The fourth-order valence-corrected chi connectivity index (χ4v) is 4.36. The first-order chi connectivity index (χ1) is 19.3. The van der Waals surface area contributed by atoms with Crippen molar-refractivity contribution in [3.05, 3.63) is 80.8 Å². The average Bonchev–Trinajstić information content (AvgIpc) is 3.41. The number of hydrogen-bond acceptors (Lipinski definition) is 9. The number of halogens is 1. The molecule has 0 fully saturated rings. The number of aliphatic hydroxyl groups is 1. The molecule has 2 atom stereocenters. The van der Waals surface area contributed by atoms with Crippen LogP contribution in [0.2, 0.25) is 0 Å². The minimum Gasteiger partial charge on any atom is -0.490 e. The summed E-state index contributed by atoms with van der Waals surface area (Å²) in [6, 6.07) is 15.4. The summed E-state index contributed by atoms with van der Waals surface area (Å²) in [5.74, 6) is 1.41. The van der Waals surface area contributed by atoms with Crippen LogP contribution in [0.4, 0.5) is 4.79 Å². The van der Waals surface area contributed by atoms with Crippen LogP contribution in [0.25, 0.3) is 11.3 Å². The SMILES string of the molecule is CCOc1cc([C@H]2NC(=O)NC(C)=C2C(=O)OC)ccc1OC[C@@H](O)N/N=C\c1ccc(-c2ccc(I)cc2)o1. The zero-order valence-corrected chi connectivity index (χ0v) is 24.2. The lowest BCUT2D eigenvalue weighted by Gasteiger charge is -2.28. The van der Waals surface area contributed by atoms with Crippen LogP contribution in [0.1, 0.15) is 31.2 Å². The molecule has 12 heteroatoms. The Labute approximate surface area is 244 Å². The predicted octanol–water partition coefficient (Wildman–Crippen LogP) is 4.07. The first kappa shape index (κ1) is 29.0. The maximum absolute atomic E-state index is 12.4. The molecule has 0 radical (unpaired) electrons.